The van der Waals surface area contributed by atoms with Crippen LogP contribution in [0.2, 0.25) is 0 Å². The number of aromatic nitrogens is 2. The molecule has 2 heterocycles. The molecule has 5 heteroatoms. The molecule has 1 aliphatic rings. The van der Waals surface area contributed by atoms with E-state index in [4.69, 9.17) is 0 Å². The molecule has 1 fully saturated rings. The fourth-order valence-electron chi connectivity index (χ4n) is 2.24. The molecule has 1 amide bonds. The number of hydrogen-bond donors (Lipinski definition) is 1. The van der Waals surface area contributed by atoms with Gasteiger partial charge in [0.2, 0.25) is 5.95 Å². The van der Waals surface area contributed by atoms with E-state index in [9.17, 15) is 4.79 Å². The number of carbonyl (C=O) groups excluding carboxylic acids is 1. The van der Waals surface area contributed by atoms with E-state index in [0.717, 1.165) is 38.3 Å². The third kappa shape index (κ3) is 3.68. The Balaban J connectivity index is 2.06. The highest BCUT2D eigenvalue weighted by Crippen LogP contribution is 2.19. The monoisotopic (exact) mass is 276 g/mol. The standard InChI is InChI=1S/C15H24N4O/c1-4-12(3)17-14(20)13-5-8-16-15(18-13)19-9-6-11(2)7-10-19/h5,8,11-12H,4,6-7,9-10H2,1-3H3,(H,17,20). The van der Waals surface area contributed by atoms with Crippen molar-refractivity contribution < 1.29 is 4.79 Å². The van der Waals surface area contributed by atoms with E-state index in [1.54, 1.807) is 12.3 Å². The third-order valence-electron chi connectivity index (χ3n) is 3.93. The fraction of sp³-hybridized carbons (Fsp3) is 0.667. The second kappa shape index (κ2) is 6.68. The first-order valence-corrected chi connectivity index (χ1v) is 7.49. The van der Waals surface area contributed by atoms with Gasteiger partial charge in [-0.25, -0.2) is 9.97 Å². The van der Waals surface area contributed by atoms with Crippen LogP contribution in [0.5, 0.6) is 0 Å². The summed E-state index contributed by atoms with van der Waals surface area (Å²) in [5.74, 6) is 1.32. The van der Waals surface area contributed by atoms with E-state index in [1.807, 2.05) is 13.8 Å². The molecule has 1 aromatic heterocycles. The third-order valence-corrected chi connectivity index (χ3v) is 3.93. The zero-order valence-electron chi connectivity index (χ0n) is 12.6. The molecular weight excluding hydrogens is 252 g/mol. The number of anilines is 1. The van der Waals surface area contributed by atoms with Gasteiger partial charge in [0.05, 0.1) is 0 Å². The molecule has 20 heavy (non-hydrogen) atoms. The summed E-state index contributed by atoms with van der Waals surface area (Å²) in [5.41, 5.74) is 0.453. The van der Waals surface area contributed by atoms with Crippen molar-refractivity contribution in [3.05, 3.63) is 18.0 Å². The van der Waals surface area contributed by atoms with Gasteiger partial charge in [-0.15, -0.1) is 0 Å². The first-order chi connectivity index (χ1) is 9.60. The number of hydrogen-bond acceptors (Lipinski definition) is 4. The Morgan fingerprint density at radius 3 is 2.85 bits per heavy atom. The highest BCUT2D eigenvalue weighted by atomic mass is 16.1. The zero-order chi connectivity index (χ0) is 14.5. The maximum Gasteiger partial charge on any atom is 0.270 e. The molecule has 110 valence electrons. The Kier molecular flexibility index (Phi) is 4.93. The van der Waals surface area contributed by atoms with E-state index >= 15 is 0 Å². The average molecular weight is 276 g/mol. The van der Waals surface area contributed by atoms with Crippen LogP contribution in [0.1, 0.15) is 50.5 Å². The largest absolute Gasteiger partial charge is 0.348 e. The SMILES string of the molecule is CCC(C)NC(=O)c1ccnc(N2CCC(C)CC2)n1. The Labute approximate surface area is 120 Å². The lowest BCUT2D eigenvalue weighted by molar-refractivity contribution is 0.0934. The smallest absolute Gasteiger partial charge is 0.270 e. The summed E-state index contributed by atoms with van der Waals surface area (Å²) in [7, 11) is 0. The number of nitrogens with zero attached hydrogens (tertiary/aromatic N) is 3. The maximum absolute atomic E-state index is 12.1. The van der Waals surface area contributed by atoms with Crippen LogP contribution in [0.4, 0.5) is 5.95 Å². The number of rotatable bonds is 4. The molecule has 0 bridgehead atoms. The van der Waals surface area contributed by atoms with Gasteiger partial charge in [-0.2, -0.15) is 0 Å². The van der Waals surface area contributed by atoms with Crippen LogP contribution >= 0.6 is 0 Å². The van der Waals surface area contributed by atoms with Crippen molar-refractivity contribution in [3.63, 3.8) is 0 Å². The molecule has 1 saturated heterocycles. The van der Waals surface area contributed by atoms with Gasteiger partial charge < -0.3 is 10.2 Å². The van der Waals surface area contributed by atoms with Gasteiger partial charge in [0.25, 0.3) is 5.91 Å². The van der Waals surface area contributed by atoms with Crippen molar-refractivity contribution in [2.75, 3.05) is 18.0 Å². The summed E-state index contributed by atoms with van der Waals surface area (Å²) in [6.45, 7) is 8.25. The molecule has 5 nitrogen and oxygen atoms in total. The number of piperidine rings is 1. The van der Waals surface area contributed by atoms with Gasteiger partial charge >= 0.3 is 0 Å². The van der Waals surface area contributed by atoms with Crippen LogP contribution in [0.3, 0.4) is 0 Å². The molecule has 1 atom stereocenters. The van der Waals surface area contributed by atoms with Gasteiger partial charge in [0, 0.05) is 25.3 Å². The van der Waals surface area contributed by atoms with Gasteiger partial charge in [0.1, 0.15) is 5.69 Å². The number of nitrogens with one attached hydrogen (secondary N) is 1. The van der Waals surface area contributed by atoms with Crippen molar-refractivity contribution >= 4 is 11.9 Å². The minimum Gasteiger partial charge on any atom is -0.348 e. The highest BCUT2D eigenvalue weighted by Gasteiger charge is 2.19. The lowest BCUT2D eigenvalue weighted by Gasteiger charge is -2.30. The normalized spacial score (nSPS) is 17.9. The molecule has 1 N–H and O–H groups in total. The quantitative estimate of drug-likeness (QED) is 0.916. The van der Waals surface area contributed by atoms with Crippen molar-refractivity contribution in [1.82, 2.24) is 15.3 Å². The van der Waals surface area contributed by atoms with E-state index in [-0.39, 0.29) is 11.9 Å². The lowest BCUT2D eigenvalue weighted by atomic mass is 10.00. The first kappa shape index (κ1) is 14.8. The second-order valence-electron chi connectivity index (χ2n) is 5.69. The minimum absolute atomic E-state index is 0.117. The average Bonchev–Trinajstić information content (AvgIpc) is 2.48. The summed E-state index contributed by atoms with van der Waals surface area (Å²) < 4.78 is 0. The van der Waals surface area contributed by atoms with Crippen molar-refractivity contribution in [2.24, 2.45) is 5.92 Å². The van der Waals surface area contributed by atoms with Gasteiger partial charge in [0.15, 0.2) is 0 Å². The van der Waals surface area contributed by atoms with Crippen LogP contribution < -0.4 is 10.2 Å². The summed E-state index contributed by atoms with van der Waals surface area (Å²) in [4.78, 5) is 23.0. The second-order valence-corrected chi connectivity index (χ2v) is 5.69. The minimum atomic E-state index is -0.117. The number of amides is 1. The summed E-state index contributed by atoms with van der Waals surface area (Å²) in [5, 5.41) is 2.94. The molecule has 1 aliphatic heterocycles. The Hall–Kier alpha value is -1.65. The van der Waals surface area contributed by atoms with Crippen molar-refractivity contribution in [3.8, 4) is 0 Å². The number of carbonyl (C=O) groups is 1. The van der Waals surface area contributed by atoms with E-state index in [2.05, 4.69) is 27.1 Å². The van der Waals surface area contributed by atoms with Crippen LogP contribution in [-0.4, -0.2) is 35.0 Å². The Morgan fingerprint density at radius 2 is 2.20 bits per heavy atom. The molecule has 1 aromatic rings. The molecule has 0 radical (unpaired) electrons. The van der Waals surface area contributed by atoms with Crippen LogP contribution in [-0.2, 0) is 0 Å². The van der Waals surface area contributed by atoms with Gasteiger partial charge in [-0.05, 0) is 38.2 Å². The fourth-order valence-corrected chi connectivity index (χ4v) is 2.24. The van der Waals surface area contributed by atoms with E-state index in [1.165, 1.54) is 0 Å². The molecule has 0 aromatic carbocycles. The van der Waals surface area contributed by atoms with E-state index in [0.29, 0.717) is 11.6 Å². The van der Waals surface area contributed by atoms with E-state index < -0.39 is 0 Å². The summed E-state index contributed by atoms with van der Waals surface area (Å²) in [6, 6.07) is 1.84. The topological polar surface area (TPSA) is 58.1 Å². The first-order valence-electron chi connectivity index (χ1n) is 7.49. The predicted octanol–water partition coefficient (Wildman–Crippen LogP) is 2.24. The van der Waals surface area contributed by atoms with Crippen LogP contribution in [0, 0.1) is 5.92 Å². The molecule has 0 spiro atoms. The van der Waals surface area contributed by atoms with Crippen molar-refractivity contribution in [1.29, 1.82) is 0 Å². The summed E-state index contributed by atoms with van der Waals surface area (Å²) >= 11 is 0. The molecule has 1 unspecified atom stereocenters. The summed E-state index contributed by atoms with van der Waals surface area (Å²) in [6.07, 6.45) is 4.90. The maximum atomic E-state index is 12.1. The Bertz CT molecular complexity index is 455. The Morgan fingerprint density at radius 1 is 1.50 bits per heavy atom. The molecule has 0 saturated carbocycles. The molecular formula is C15H24N4O. The molecule has 2 rings (SSSR count). The van der Waals surface area contributed by atoms with Gasteiger partial charge in [-0.1, -0.05) is 13.8 Å². The molecule has 0 aliphatic carbocycles. The van der Waals surface area contributed by atoms with Gasteiger partial charge in [-0.3, -0.25) is 4.79 Å². The van der Waals surface area contributed by atoms with Crippen LogP contribution in [0.15, 0.2) is 12.3 Å². The van der Waals surface area contributed by atoms with Crippen molar-refractivity contribution in [2.45, 2.75) is 46.1 Å². The predicted molar refractivity (Wildman–Crippen MR) is 79.9 cm³/mol. The highest BCUT2D eigenvalue weighted by molar-refractivity contribution is 5.92. The van der Waals surface area contributed by atoms with Crippen LogP contribution in [0.25, 0.3) is 0 Å². The zero-order valence-corrected chi connectivity index (χ0v) is 12.6. The lowest BCUT2D eigenvalue weighted by Crippen LogP contribution is -2.35.